The fourth-order valence-electron chi connectivity index (χ4n) is 2.32. The van der Waals surface area contributed by atoms with Gasteiger partial charge in [0, 0.05) is 11.3 Å². The molecule has 120 valence electrons. The number of hydrogen-bond donors (Lipinski definition) is 0. The highest BCUT2D eigenvalue weighted by molar-refractivity contribution is 7.99. The predicted octanol–water partition coefficient (Wildman–Crippen LogP) is 3.98. The molecule has 1 heterocycles. The van der Waals surface area contributed by atoms with Crippen LogP contribution in [-0.2, 0) is 0 Å². The van der Waals surface area contributed by atoms with E-state index in [9.17, 15) is 0 Å². The van der Waals surface area contributed by atoms with Gasteiger partial charge in [-0.05, 0) is 43.3 Å². The molecule has 0 aliphatic heterocycles. The van der Waals surface area contributed by atoms with E-state index in [0.29, 0.717) is 5.75 Å². The molecule has 0 aliphatic rings. The summed E-state index contributed by atoms with van der Waals surface area (Å²) in [5.74, 6) is 4.77. The summed E-state index contributed by atoms with van der Waals surface area (Å²) in [4.78, 5) is 0. The molecule has 5 heteroatoms. The molecule has 0 N–H and O–H groups in total. The van der Waals surface area contributed by atoms with Crippen molar-refractivity contribution >= 4 is 11.8 Å². The lowest BCUT2D eigenvalue weighted by molar-refractivity contribution is 0.415. The molecule has 0 spiro atoms. The number of ether oxygens (including phenoxy) is 1. The van der Waals surface area contributed by atoms with Gasteiger partial charge in [0.15, 0.2) is 11.0 Å². The lowest BCUT2D eigenvalue weighted by Crippen LogP contribution is -2.00. The summed E-state index contributed by atoms with van der Waals surface area (Å²) in [7, 11) is 1.65. The van der Waals surface area contributed by atoms with Gasteiger partial charge in [0.05, 0.1) is 12.9 Å². The van der Waals surface area contributed by atoms with E-state index < -0.39 is 0 Å². The van der Waals surface area contributed by atoms with Crippen molar-refractivity contribution in [3.05, 3.63) is 54.1 Å². The van der Waals surface area contributed by atoms with Crippen LogP contribution in [0.5, 0.6) is 5.75 Å². The minimum Gasteiger partial charge on any atom is -0.497 e. The number of thioether (sulfide) groups is 1. The van der Waals surface area contributed by atoms with Crippen LogP contribution in [0.2, 0.25) is 0 Å². The molecular formula is C19H17N3OS. The smallest absolute Gasteiger partial charge is 0.197 e. The predicted molar refractivity (Wildman–Crippen MR) is 97.6 cm³/mol. The second kappa shape index (κ2) is 7.24. The van der Waals surface area contributed by atoms with Gasteiger partial charge in [0.25, 0.3) is 0 Å². The van der Waals surface area contributed by atoms with E-state index in [2.05, 4.69) is 47.3 Å². The SMILES string of the molecule is C#CCSc1nnc(-c2ccc(OC)cc2)n1-c1ccc(C)cc1. The van der Waals surface area contributed by atoms with Crippen LogP contribution in [0, 0.1) is 19.3 Å². The maximum absolute atomic E-state index is 5.39. The minimum atomic E-state index is 0.548. The van der Waals surface area contributed by atoms with Crippen LogP contribution < -0.4 is 4.74 Å². The molecule has 0 fully saturated rings. The average Bonchev–Trinajstić information content (AvgIpc) is 3.04. The molecule has 0 aliphatic carbocycles. The Kier molecular flexibility index (Phi) is 4.88. The first-order valence-corrected chi connectivity index (χ1v) is 8.44. The van der Waals surface area contributed by atoms with Crippen LogP contribution in [-0.4, -0.2) is 27.6 Å². The molecule has 3 rings (SSSR count). The van der Waals surface area contributed by atoms with Gasteiger partial charge < -0.3 is 4.74 Å². The fourth-order valence-corrected chi connectivity index (χ4v) is 2.96. The second-order valence-electron chi connectivity index (χ2n) is 5.20. The van der Waals surface area contributed by atoms with Gasteiger partial charge in [-0.3, -0.25) is 4.57 Å². The number of methoxy groups -OCH3 is 1. The van der Waals surface area contributed by atoms with E-state index in [1.54, 1.807) is 7.11 Å². The molecule has 2 aromatic carbocycles. The number of rotatable bonds is 5. The monoisotopic (exact) mass is 335 g/mol. The molecule has 0 atom stereocenters. The average molecular weight is 335 g/mol. The van der Waals surface area contributed by atoms with Crippen LogP contribution in [0.15, 0.2) is 53.7 Å². The number of aryl methyl sites for hydroxylation is 1. The van der Waals surface area contributed by atoms with Crippen molar-refractivity contribution in [2.45, 2.75) is 12.1 Å². The van der Waals surface area contributed by atoms with Gasteiger partial charge in [-0.25, -0.2) is 0 Å². The highest BCUT2D eigenvalue weighted by Gasteiger charge is 2.15. The molecule has 24 heavy (non-hydrogen) atoms. The Hall–Kier alpha value is -2.71. The van der Waals surface area contributed by atoms with Crippen molar-refractivity contribution < 1.29 is 4.74 Å². The van der Waals surface area contributed by atoms with Gasteiger partial charge in [0.1, 0.15) is 5.75 Å². The summed E-state index contributed by atoms with van der Waals surface area (Å²) in [6, 6.07) is 16.0. The van der Waals surface area contributed by atoms with E-state index in [0.717, 1.165) is 28.0 Å². The highest BCUT2D eigenvalue weighted by Crippen LogP contribution is 2.28. The molecule has 0 saturated carbocycles. The standard InChI is InChI=1S/C19H17N3OS/c1-4-13-24-19-21-20-18(15-7-11-17(23-3)12-8-15)22(19)16-9-5-14(2)6-10-16/h1,5-12H,13H2,2-3H3. The summed E-state index contributed by atoms with van der Waals surface area (Å²) in [6.45, 7) is 2.06. The third-order valence-electron chi connectivity index (χ3n) is 3.56. The summed E-state index contributed by atoms with van der Waals surface area (Å²) >= 11 is 1.50. The zero-order valence-corrected chi connectivity index (χ0v) is 14.4. The van der Waals surface area contributed by atoms with Gasteiger partial charge in [-0.2, -0.15) is 0 Å². The van der Waals surface area contributed by atoms with E-state index in [1.165, 1.54) is 17.3 Å². The maximum Gasteiger partial charge on any atom is 0.197 e. The second-order valence-corrected chi connectivity index (χ2v) is 6.14. The third kappa shape index (κ3) is 3.29. The van der Waals surface area contributed by atoms with Crippen molar-refractivity contribution in [3.8, 4) is 35.2 Å². The Labute approximate surface area is 145 Å². The Morgan fingerprint density at radius 2 is 1.79 bits per heavy atom. The van der Waals surface area contributed by atoms with Crippen LogP contribution in [0.3, 0.4) is 0 Å². The molecule has 3 aromatic rings. The number of benzene rings is 2. The summed E-state index contributed by atoms with van der Waals surface area (Å²) in [5.41, 5.74) is 3.18. The first kappa shape index (κ1) is 16.2. The van der Waals surface area contributed by atoms with Crippen LogP contribution in [0.4, 0.5) is 0 Å². The molecule has 0 amide bonds. The summed E-state index contributed by atoms with van der Waals surface area (Å²) in [6.07, 6.45) is 5.39. The first-order chi connectivity index (χ1) is 11.7. The van der Waals surface area contributed by atoms with E-state index in [1.807, 2.05) is 28.8 Å². The molecule has 0 saturated heterocycles. The number of aromatic nitrogens is 3. The third-order valence-corrected chi connectivity index (χ3v) is 4.39. The molecule has 1 aromatic heterocycles. The number of terminal acetylenes is 1. The largest absolute Gasteiger partial charge is 0.497 e. The van der Waals surface area contributed by atoms with Crippen molar-refractivity contribution in [3.63, 3.8) is 0 Å². The van der Waals surface area contributed by atoms with Crippen molar-refractivity contribution in [1.29, 1.82) is 0 Å². The van der Waals surface area contributed by atoms with Crippen molar-refractivity contribution in [2.24, 2.45) is 0 Å². The number of hydrogen-bond acceptors (Lipinski definition) is 4. The molecule has 0 unspecified atom stereocenters. The highest BCUT2D eigenvalue weighted by atomic mass is 32.2. The Morgan fingerprint density at radius 3 is 2.42 bits per heavy atom. The van der Waals surface area contributed by atoms with Crippen LogP contribution in [0.25, 0.3) is 17.1 Å². The summed E-state index contributed by atoms with van der Waals surface area (Å²) in [5, 5.41) is 9.48. The van der Waals surface area contributed by atoms with Crippen molar-refractivity contribution in [1.82, 2.24) is 14.8 Å². The molecule has 4 nitrogen and oxygen atoms in total. The molecule has 0 bridgehead atoms. The zero-order valence-electron chi connectivity index (χ0n) is 13.6. The Bertz CT molecular complexity index is 861. The van der Waals surface area contributed by atoms with Crippen LogP contribution >= 0.6 is 11.8 Å². The van der Waals surface area contributed by atoms with Crippen LogP contribution in [0.1, 0.15) is 5.56 Å². The lowest BCUT2D eigenvalue weighted by atomic mass is 10.2. The topological polar surface area (TPSA) is 39.9 Å². The van der Waals surface area contributed by atoms with E-state index in [-0.39, 0.29) is 0 Å². The van der Waals surface area contributed by atoms with E-state index in [4.69, 9.17) is 11.2 Å². The number of nitrogens with zero attached hydrogens (tertiary/aromatic N) is 3. The maximum atomic E-state index is 5.39. The Balaban J connectivity index is 2.09. The first-order valence-electron chi connectivity index (χ1n) is 7.46. The van der Waals surface area contributed by atoms with Gasteiger partial charge >= 0.3 is 0 Å². The molecule has 0 radical (unpaired) electrons. The Morgan fingerprint density at radius 1 is 1.08 bits per heavy atom. The zero-order chi connectivity index (χ0) is 16.9. The normalized spacial score (nSPS) is 10.4. The van der Waals surface area contributed by atoms with Gasteiger partial charge in [0.2, 0.25) is 0 Å². The quantitative estimate of drug-likeness (QED) is 0.522. The minimum absolute atomic E-state index is 0.548. The molecular weight excluding hydrogens is 318 g/mol. The van der Waals surface area contributed by atoms with Crippen molar-refractivity contribution in [2.75, 3.05) is 12.9 Å². The lowest BCUT2D eigenvalue weighted by Gasteiger charge is -2.10. The fraction of sp³-hybridized carbons (Fsp3) is 0.158. The van der Waals surface area contributed by atoms with Gasteiger partial charge in [-0.15, -0.1) is 16.6 Å². The van der Waals surface area contributed by atoms with Gasteiger partial charge in [-0.1, -0.05) is 35.4 Å². The van der Waals surface area contributed by atoms with E-state index >= 15 is 0 Å². The summed E-state index contributed by atoms with van der Waals surface area (Å²) < 4.78 is 7.25.